The topological polar surface area (TPSA) is 121 Å². The third-order valence-electron chi connectivity index (χ3n) is 3.97. The van der Waals surface area contributed by atoms with E-state index in [-0.39, 0.29) is 0 Å². The first kappa shape index (κ1) is 22.2. The third-order valence-corrected chi connectivity index (χ3v) is 4.48. The Morgan fingerprint density at radius 3 is 1.18 bits per heavy atom. The van der Waals surface area contributed by atoms with Crippen molar-refractivity contribution in [2.45, 2.75) is 24.4 Å². The Morgan fingerprint density at radius 1 is 0.607 bits per heavy atom. The molecule has 4 atom stereocenters. The van der Waals surface area contributed by atoms with Gasteiger partial charge in [-0.3, -0.25) is 0 Å². The van der Waals surface area contributed by atoms with Crippen LogP contribution in [-0.2, 0) is 0 Å². The van der Waals surface area contributed by atoms with E-state index in [1.54, 1.807) is 48.5 Å². The van der Waals surface area contributed by atoms with Crippen LogP contribution in [0.15, 0.2) is 60.0 Å². The summed E-state index contributed by atoms with van der Waals surface area (Å²) in [5.74, 6) is -1.27. The average Bonchev–Trinajstić information content (AvgIpc) is 2.69. The molecule has 2 rings (SSSR count). The molecule has 0 aliphatic heterocycles. The fourth-order valence-corrected chi connectivity index (χ4v) is 2.61. The molecule has 0 aliphatic carbocycles. The number of hydrogen-bond acceptors (Lipinski definition) is 6. The Morgan fingerprint density at radius 2 is 0.893 bits per heavy atom. The highest BCUT2D eigenvalue weighted by Gasteiger charge is 2.34. The zero-order valence-corrected chi connectivity index (χ0v) is 16.0. The molecular weight excluding hydrogens is 407 g/mol. The molecule has 6 N–H and O–H groups in total. The van der Waals surface area contributed by atoms with E-state index in [1.165, 1.54) is 12.2 Å². The van der Waals surface area contributed by atoms with Crippen LogP contribution in [-0.4, -0.2) is 55.1 Å². The van der Waals surface area contributed by atoms with E-state index in [4.69, 9.17) is 23.2 Å². The van der Waals surface area contributed by atoms with Gasteiger partial charge in [-0.2, -0.15) is 0 Å². The van der Waals surface area contributed by atoms with Gasteiger partial charge in [0.05, 0.1) is 0 Å². The van der Waals surface area contributed by atoms with Crippen LogP contribution in [0, 0.1) is 0 Å². The second kappa shape index (κ2) is 9.93. The van der Waals surface area contributed by atoms with Gasteiger partial charge in [0.15, 0.2) is 0 Å². The summed E-state index contributed by atoms with van der Waals surface area (Å²) in [6, 6.07) is 12.6. The van der Waals surface area contributed by atoms with Crippen LogP contribution in [0.25, 0.3) is 12.2 Å². The van der Waals surface area contributed by atoms with Crippen molar-refractivity contribution in [2.75, 3.05) is 0 Å². The SMILES string of the molecule is OC(=Cc1ccc(Cl)cc1)[C@@H](O)[C@@H](O)[C@H](O)[C@@H](O)C(O)=Cc1ccc(Cl)cc1. The van der Waals surface area contributed by atoms with Crippen LogP contribution in [0.2, 0.25) is 10.0 Å². The van der Waals surface area contributed by atoms with Crippen molar-refractivity contribution in [3.05, 3.63) is 81.2 Å². The van der Waals surface area contributed by atoms with E-state index < -0.39 is 35.9 Å². The second-order valence-electron chi connectivity index (χ2n) is 6.11. The number of hydrogen-bond donors (Lipinski definition) is 6. The van der Waals surface area contributed by atoms with Crippen LogP contribution in [0.4, 0.5) is 0 Å². The summed E-state index contributed by atoms with van der Waals surface area (Å²) in [5.41, 5.74) is 0.988. The van der Waals surface area contributed by atoms with E-state index in [9.17, 15) is 30.6 Å². The molecule has 0 spiro atoms. The van der Waals surface area contributed by atoms with Crippen molar-refractivity contribution >= 4 is 35.4 Å². The highest BCUT2D eigenvalue weighted by atomic mass is 35.5. The van der Waals surface area contributed by atoms with Gasteiger partial charge in [-0.25, -0.2) is 0 Å². The van der Waals surface area contributed by atoms with Gasteiger partial charge in [0.1, 0.15) is 35.9 Å². The molecule has 0 unspecified atom stereocenters. The quantitative estimate of drug-likeness (QED) is 0.378. The highest BCUT2D eigenvalue weighted by molar-refractivity contribution is 6.30. The zero-order valence-electron chi connectivity index (χ0n) is 14.5. The van der Waals surface area contributed by atoms with Gasteiger partial charge >= 0.3 is 0 Å². The molecule has 0 saturated carbocycles. The molecule has 8 heteroatoms. The number of benzene rings is 2. The van der Waals surface area contributed by atoms with E-state index in [0.717, 1.165) is 0 Å². The van der Waals surface area contributed by atoms with Crippen molar-refractivity contribution in [2.24, 2.45) is 0 Å². The molecule has 0 amide bonds. The first-order valence-electron chi connectivity index (χ1n) is 8.23. The molecule has 0 bridgehead atoms. The smallest absolute Gasteiger partial charge is 0.139 e. The van der Waals surface area contributed by atoms with Crippen molar-refractivity contribution in [1.29, 1.82) is 0 Å². The normalized spacial score (nSPS) is 17.1. The summed E-state index contributed by atoms with van der Waals surface area (Å²) in [4.78, 5) is 0. The van der Waals surface area contributed by atoms with Crippen molar-refractivity contribution < 1.29 is 30.6 Å². The molecule has 0 heterocycles. The highest BCUT2D eigenvalue weighted by Crippen LogP contribution is 2.19. The van der Waals surface area contributed by atoms with E-state index in [2.05, 4.69) is 0 Å². The van der Waals surface area contributed by atoms with Gasteiger partial charge in [-0.1, -0.05) is 47.5 Å². The number of aliphatic hydroxyl groups is 6. The van der Waals surface area contributed by atoms with Crippen LogP contribution < -0.4 is 0 Å². The predicted molar refractivity (Wildman–Crippen MR) is 108 cm³/mol. The predicted octanol–water partition coefficient (Wildman–Crippen LogP) is 2.94. The number of aliphatic hydroxyl groups excluding tert-OH is 6. The standard InChI is InChI=1S/C20H20Cl2O6/c21-13-5-1-11(2-6-13)9-15(23)17(25)19(27)20(28)18(26)16(24)10-12-3-7-14(22)8-4-12/h1-10,17-20,23-28H/t17-,18+,19-,20-/m1/s1. The van der Waals surface area contributed by atoms with E-state index >= 15 is 0 Å². The fourth-order valence-electron chi connectivity index (χ4n) is 2.35. The van der Waals surface area contributed by atoms with Gasteiger partial charge in [0.2, 0.25) is 0 Å². The largest absolute Gasteiger partial charge is 0.509 e. The number of rotatable bonds is 7. The maximum absolute atomic E-state index is 10.1. The van der Waals surface area contributed by atoms with Crippen LogP contribution in [0.5, 0.6) is 0 Å². The van der Waals surface area contributed by atoms with Crippen LogP contribution in [0.3, 0.4) is 0 Å². The Bertz CT molecular complexity index is 761. The lowest BCUT2D eigenvalue weighted by Gasteiger charge is -2.26. The molecule has 28 heavy (non-hydrogen) atoms. The molecule has 2 aromatic rings. The lowest BCUT2D eigenvalue weighted by atomic mass is 9.99. The van der Waals surface area contributed by atoms with Crippen LogP contribution >= 0.6 is 23.2 Å². The molecule has 0 aromatic heterocycles. The van der Waals surface area contributed by atoms with Gasteiger partial charge < -0.3 is 30.6 Å². The van der Waals surface area contributed by atoms with Crippen molar-refractivity contribution in [3.63, 3.8) is 0 Å². The van der Waals surface area contributed by atoms with Gasteiger partial charge in [0.25, 0.3) is 0 Å². The maximum atomic E-state index is 10.1. The Balaban J connectivity index is 2.09. The molecule has 6 nitrogen and oxygen atoms in total. The molecule has 0 radical (unpaired) electrons. The summed E-state index contributed by atoms with van der Waals surface area (Å²) in [6.45, 7) is 0. The monoisotopic (exact) mass is 426 g/mol. The summed E-state index contributed by atoms with van der Waals surface area (Å²) >= 11 is 11.5. The Kier molecular flexibility index (Phi) is 7.88. The molecule has 0 saturated heterocycles. The first-order valence-corrected chi connectivity index (χ1v) is 8.99. The van der Waals surface area contributed by atoms with Crippen LogP contribution in [0.1, 0.15) is 11.1 Å². The van der Waals surface area contributed by atoms with Crippen molar-refractivity contribution in [1.82, 2.24) is 0 Å². The Hall–Kier alpha value is -2.06. The maximum Gasteiger partial charge on any atom is 0.139 e. The Labute approximate surface area is 171 Å². The molecular formula is C20H20Cl2O6. The minimum absolute atomic E-state index is 0.485. The van der Waals surface area contributed by atoms with Gasteiger partial charge in [-0.05, 0) is 47.5 Å². The average molecular weight is 427 g/mol. The second-order valence-corrected chi connectivity index (χ2v) is 6.99. The number of halogens is 2. The van der Waals surface area contributed by atoms with Gasteiger partial charge in [0, 0.05) is 10.0 Å². The van der Waals surface area contributed by atoms with Gasteiger partial charge in [-0.15, -0.1) is 0 Å². The fraction of sp³-hybridized carbons (Fsp3) is 0.200. The minimum Gasteiger partial charge on any atom is -0.509 e. The molecule has 150 valence electrons. The lowest BCUT2D eigenvalue weighted by Crippen LogP contribution is -2.45. The zero-order chi connectivity index (χ0) is 20.8. The van der Waals surface area contributed by atoms with Crippen molar-refractivity contribution in [3.8, 4) is 0 Å². The lowest BCUT2D eigenvalue weighted by molar-refractivity contribution is -0.0996. The molecule has 0 fully saturated rings. The molecule has 2 aromatic carbocycles. The van der Waals surface area contributed by atoms with E-state index in [1.807, 2.05) is 0 Å². The van der Waals surface area contributed by atoms with E-state index in [0.29, 0.717) is 21.2 Å². The third kappa shape index (κ3) is 5.97. The molecule has 0 aliphatic rings. The first-order chi connectivity index (χ1) is 13.2. The summed E-state index contributed by atoms with van der Waals surface area (Å²) in [7, 11) is 0. The summed E-state index contributed by atoms with van der Waals surface area (Å²) in [5, 5.41) is 61.1. The summed E-state index contributed by atoms with van der Waals surface area (Å²) in [6.07, 6.45) is -5.40. The minimum atomic E-state index is -1.97. The summed E-state index contributed by atoms with van der Waals surface area (Å²) < 4.78 is 0.